The smallest absolute Gasteiger partial charge is 0.228 e. The van der Waals surface area contributed by atoms with Crippen molar-refractivity contribution in [1.29, 1.82) is 0 Å². The lowest BCUT2D eigenvalue weighted by atomic mass is 9.40. The molecule has 1 aromatic heterocycles. The summed E-state index contributed by atoms with van der Waals surface area (Å²) in [6.07, 6.45) is 9.15. The molecule has 0 N–H and O–H groups in total. The van der Waals surface area contributed by atoms with E-state index in [9.17, 15) is 4.79 Å². The number of rotatable bonds is 4. The van der Waals surface area contributed by atoms with Gasteiger partial charge in [-0.15, -0.1) is 0 Å². The number of aryl methyl sites for hydroxylation is 1. The molecular formula is C20H31N3O. The van der Waals surface area contributed by atoms with Gasteiger partial charge in [-0.1, -0.05) is 13.8 Å². The van der Waals surface area contributed by atoms with Gasteiger partial charge in [-0.05, 0) is 68.3 Å². The molecule has 4 aliphatic carbocycles. The lowest BCUT2D eigenvalue weighted by Gasteiger charge is -2.65. The normalized spacial score (nSPS) is 40.1. The van der Waals surface area contributed by atoms with Crippen LogP contribution in [0.1, 0.15) is 65.0 Å². The Kier molecular flexibility index (Phi) is 3.43. The number of carbonyl (C=O) groups is 1. The highest BCUT2D eigenvalue weighted by molar-refractivity contribution is 5.83. The van der Waals surface area contributed by atoms with Crippen LogP contribution in [-0.4, -0.2) is 27.6 Å². The van der Waals surface area contributed by atoms with Gasteiger partial charge in [-0.2, -0.15) is 5.10 Å². The van der Waals surface area contributed by atoms with Crippen molar-refractivity contribution < 1.29 is 4.79 Å². The van der Waals surface area contributed by atoms with Crippen molar-refractivity contribution in [3.05, 3.63) is 18.0 Å². The molecule has 0 spiro atoms. The summed E-state index contributed by atoms with van der Waals surface area (Å²) in [7, 11) is 1.98. The van der Waals surface area contributed by atoms with Crippen LogP contribution in [0.15, 0.2) is 12.3 Å². The number of hydrogen-bond acceptors (Lipinski definition) is 2. The van der Waals surface area contributed by atoms with Crippen LogP contribution in [0.4, 0.5) is 0 Å². The van der Waals surface area contributed by atoms with Crippen LogP contribution in [0.3, 0.4) is 0 Å². The van der Waals surface area contributed by atoms with Crippen LogP contribution in [0, 0.1) is 22.2 Å². The standard InChI is InChI=1S/C20H31N3O/c1-5-23-16(6-7-21-23)11-22(4)17(24)20-10-15-8-18(2,13-20)12-19(3,9-15)14-20/h6-7,15H,5,8-14H2,1-4H3/t15?,18-,19+,20?. The fourth-order valence-electron chi connectivity index (χ4n) is 7.18. The molecule has 0 saturated heterocycles. The SMILES string of the molecule is CCn1nccc1CN(C)C(=O)C12CC3C[C@@](C)(C1)C[C@](C)(C3)C2. The molecule has 2 unspecified atom stereocenters. The summed E-state index contributed by atoms with van der Waals surface area (Å²) in [5.41, 5.74) is 1.80. The molecule has 4 bridgehead atoms. The van der Waals surface area contributed by atoms with Crippen molar-refractivity contribution in [1.82, 2.24) is 14.7 Å². The Labute approximate surface area is 145 Å². The van der Waals surface area contributed by atoms with Gasteiger partial charge in [-0.25, -0.2) is 0 Å². The summed E-state index contributed by atoms with van der Waals surface area (Å²) in [4.78, 5) is 15.5. The molecule has 0 aliphatic heterocycles. The molecule has 1 heterocycles. The summed E-state index contributed by atoms with van der Waals surface area (Å²) in [5.74, 6) is 1.14. The highest BCUT2D eigenvalue weighted by atomic mass is 16.2. The second-order valence-electron chi connectivity index (χ2n) is 9.71. The third kappa shape index (κ3) is 2.41. The molecule has 4 saturated carbocycles. The molecule has 4 heteroatoms. The van der Waals surface area contributed by atoms with Gasteiger partial charge in [0, 0.05) is 19.8 Å². The molecule has 4 nitrogen and oxygen atoms in total. The zero-order valence-electron chi connectivity index (χ0n) is 15.6. The Morgan fingerprint density at radius 2 is 1.92 bits per heavy atom. The minimum Gasteiger partial charge on any atom is -0.339 e. The van der Waals surface area contributed by atoms with Crippen molar-refractivity contribution in [3.8, 4) is 0 Å². The van der Waals surface area contributed by atoms with Gasteiger partial charge >= 0.3 is 0 Å². The molecule has 132 valence electrons. The predicted octanol–water partition coefficient (Wildman–Crippen LogP) is 3.86. The number of amides is 1. The maximum atomic E-state index is 13.5. The van der Waals surface area contributed by atoms with Gasteiger partial charge in [0.25, 0.3) is 0 Å². The van der Waals surface area contributed by atoms with E-state index in [1.165, 1.54) is 19.3 Å². The van der Waals surface area contributed by atoms with Crippen molar-refractivity contribution in [3.63, 3.8) is 0 Å². The number of carbonyl (C=O) groups excluding carboxylic acids is 1. The van der Waals surface area contributed by atoms with Crippen molar-refractivity contribution in [2.24, 2.45) is 22.2 Å². The molecule has 4 atom stereocenters. The van der Waals surface area contributed by atoms with Crippen LogP contribution < -0.4 is 0 Å². The van der Waals surface area contributed by atoms with Gasteiger partial charge in [0.2, 0.25) is 5.91 Å². The first-order chi connectivity index (χ1) is 11.3. The summed E-state index contributed by atoms with van der Waals surface area (Å²) in [6, 6.07) is 2.04. The van der Waals surface area contributed by atoms with Gasteiger partial charge in [-0.3, -0.25) is 9.48 Å². The van der Waals surface area contributed by atoms with E-state index in [0.717, 1.165) is 37.4 Å². The van der Waals surface area contributed by atoms with Gasteiger partial charge in [0.1, 0.15) is 0 Å². The van der Waals surface area contributed by atoms with Gasteiger partial charge < -0.3 is 4.90 Å². The van der Waals surface area contributed by atoms with Gasteiger partial charge in [0.15, 0.2) is 0 Å². The second kappa shape index (κ2) is 5.09. The molecule has 5 rings (SSSR count). The van der Waals surface area contributed by atoms with E-state index >= 15 is 0 Å². The topological polar surface area (TPSA) is 38.1 Å². The Morgan fingerprint density at radius 3 is 2.50 bits per heavy atom. The Morgan fingerprint density at radius 1 is 1.25 bits per heavy atom. The molecule has 24 heavy (non-hydrogen) atoms. The first-order valence-corrected chi connectivity index (χ1v) is 9.53. The third-order valence-corrected chi connectivity index (χ3v) is 6.93. The monoisotopic (exact) mass is 329 g/mol. The molecular weight excluding hydrogens is 298 g/mol. The van der Waals surface area contributed by atoms with Crippen molar-refractivity contribution in [2.75, 3.05) is 7.05 Å². The maximum Gasteiger partial charge on any atom is 0.228 e. The van der Waals surface area contributed by atoms with Crippen LogP contribution in [0.2, 0.25) is 0 Å². The second-order valence-corrected chi connectivity index (χ2v) is 9.71. The highest BCUT2D eigenvalue weighted by Gasteiger charge is 2.63. The van der Waals surface area contributed by atoms with E-state index in [0.29, 0.717) is 23.3 Å². The lowest BCUT2D eigenvalue weighted by Crippen LogP contribution is -2.59. The Bertz CT molecular complexity index is 646. The fraction of sp³-hybridized carbons (Fsp3) is 0.800. The largest absolute Gasteiger partial charge is 0.339 e. The van der Waals surface area contributed by atoms with Crippen molar-refractivity contribution >= 4 is 5.91 Å². The molecule has 0 aromatic carbocycles. The first kappa shape index (κ1) is 16.2. The van der Waals surface area contributed by atoms with E-state index in [4.69, 9.17) is 0 Å². The highest BCUT2D eigenvalue weighted by Crippen LogP contribution is 2.69. The number of aromatic nitrogens is 2. The average molecular weight is 329 g/mol. The molecule has 4 fully saturated rings. The van der Waals surface area contributed by atoms with Crippen LogP contribution >= 0.6 is 0 Å². The first-order valence-electron chi connectivity index (χ1n) is 9.53. The quantitative estimate of drug-likeness (QED) is 0.841. The van der Waals surface area contributed by atoms with Gasteiger partial charge in [0.05, 0.1) is 17.7 Å². The summed E-state index contributed by atoms with van der Waals surface area (Å²) >= 11 is 0. The maximum absolute atomic E-state index is 13.5. The van der Waals surface area contributed by atoms with E-state index in [1.54, 1.807) is 0 Å². The zero-order chi connectivity index (χ0) is 17.2. The molecule has 4 aliphatic rings. The fourth-order valence-corrected chi connectivity index (χ4v) is 7.18. The number of hydrogen-bond donors (Lipinski definition) is 0. The van der Waals surface area contributed by atoms with Crippen LogP contribution in [0.25, 0.3) is 0 Å². The minimum atomic E-state index is -0.102. The summed E-state index contributed by atoms with van der Waals surface area (Å²) in [6.45, 7) is 8.49. The molecule has 0 radical (unpaired) electrons. The van der Waals surface area contributed by atoms with E-state index in [-0.39, 0.29) is 5.41 Å². The minimum absolute atomic E-state index is 0.102. The van der Waals surface area contributed by atoms with E-state index in [1.807, 2.05) is 28.9 Å². The Balaban J connectivity index is 1.57. The van der Waals surface area contributed by atoms with Crippen LogP contribution in [0.5, 0.6) is 0 Å². The average Bonchev–Trinajstić information content (AvgIpc) is 2.89. The summed E-state index contributed by atoms with van der Waals surface area (Å²) < 4.78 is 1.99. The molecule has 1 aromatic rings. The van der Waals surface area contributed by atoms with Crippen LogP contribution in [-0.2, 0) is 17.9 Å². The number of nitrogens with zero attached hydrogens (tertiary/aromatic N) is 3. The van der Waals surface area contributed by atoms with E-state index in [2.05, 4.69) is 25.9 Å². The Hall–Kier alpha value is -1.32. The molecule has 1 amide bonds. The summed E-state index contributed by atoms with van der Waals surface area (Å²) in [5, 5.41) is 4.34. The predicted molar refractivity (Wildman–Crippen MR) is 94.2 cm³/mol. The van der Waals surface area contributed by atoms with E-state index < -0.39 is 0 Å². The lowest BCUT2D eigenvalue weighted by molar-refractivity contribution is -0.178. The third-order valence-electron chi connectivity index (χ3n) is 6.93. The van der Waals surface area contributed by atoms with Crippen molar-refractivity contribution in [2.45, 2.75) is 72.4 Å². The zero-order valence-corrected chi connectivity index (χ0v) is 15.6.